The van der Waals surface area contributed by atoms with Crippen molar-refractivity contribution in [3.05, 3.63) is 16.1 Å². The summed E-state index contributed by atoms with van der Waals surface area (Å²) < 4.78 is 0. The van der Waals surface area contributed by atoms with Crippen LogP contribution in [0.1, 0.15) is 28.3 Å². The summed E-state index contributed by atoms with van der Waals surface area (Å²) in [5, 5.41) is 14.5. The van der Waals surface area contributed by atoms with Gasteiger partial charge in [0.05, 0.1) is 17.2 Å². The third-order valence-electron chi connectivity index (χ3n) is 2.68. The minimum absolute atomic E-state index is 0.00145. The summed E-state index contributed by atoms with van der Waals surface area (Å²) in [5.74, 6) is -0.203. The van der Waals surface area contributed by atoms with Crippen molar-refractivity contribution in [2.24, 2.45) is 5.73 Å². The Hall–Kier alpha value is -0.980. The molecule has 1 amide bonds. The summed E-state index contributed by atoms with van der Waals surface area (Å²) in [5.41, 5.74) is 5.46. The number of nitrogens with two attached hydrogens (primary N) is 1. The maximum Gasteiger partial charge on any atom is 0.271 e. The number of carbonyl (C=O) groups is 1. The number of aliphatic hydroxyl groups excluding tert-OH is 1. The van der Waals surface area contributed by atoms with Gasteiger partial charge in [0.15, 0.2) is 0 Å². The average Bonchev–Trinajstić information content (AvgIpc) is 2.88. The number of rotatable bonds is 5. The van der Waals surface area contributed by atoms with E-state index in [2.05, 4.69) is 10.3 Å². The van der Waals surface area contributed by atoms with Crippen LogP contribution in [0.3, 0.4) is 0 Å². The Bertz CT molecular complexity index is 387. The Morgan fingerprint density at radius 2 is 2.44 bits per heavy atom. The van der Waals surface area contributed by atoms with Crippen LogP contribution < -0.4 is 11.1 Å². The fourth-order valence-electron chi connectivity index (χ4n) is 1.43. The minimum Gasteiger partial charge on any atom is -0.394 e. The SMILES string of the molecule is NCCc1nc(C(=O)NC2(CO)CC2)cs1. The normalized spacial score (nSPS) is 17.1. The lowest BCUT2D eigenvalue weighted by molar-refractivity contribution is 0.0902. The van der Waals surface area contributed by atoms with E-state index in [1.165, 1.54) is 11.3 Å². The Balaban J connectivity index is 1.98. The van der Waals surface area contributed by atoms with E-state index in [4.69, 9.17) is 10.8 Å². The van der Waals surface area contributed by atoms with Crippen molar-refractivity contribution in [1.82, 2.24) is 10.3 Å². The summed E-state index contributed by atoms with van der Waals surface area (Å²) in [6, 6.07) is 0. The number of hydrogen-bond donors (Lipinski definition) is 3. The first-order valence-corrected chi connectivity index (χ1v) is 6.15. The predicted octanol–water partition coefficient (Wildman–Crippen LogP) is -0.101. The van der Waals surface area contributed by atoms with Gasteiger partial charge >= 0.3 is 0 Å². The highest BCUT2D eigenvalue weighted by atomic mass is 32.1. The van der Waals surface area contributed by atoms with Crippen LogP contribution in [0, 0.1) is 0 Å². The molecule has 0 atom stereocenters. The highest BCUT2D eigenvalue weighted by molar-refractivity contribution is 7.09. The molecule has 0 radical (unpaired) electrons. The Labute approximate surface area is 97.7 Å². The Morgan fingerprint density at radius 3 is 3.00 bits per heavy atom. The molecule has 1 heterocycles. The van der Waals surface area contributed by atoms with E-state index in [0.717, 1.165) is 17.8 Å². The van der Waals surface area contributed by atoms with Crippen LogP contribution in [-0.4, -0.2) is 34.7 Å². The molecule has 1 aromatic rings. The number of aromatic nitrogens is 1. The van der Waals surface area contributed by atoms with E-state index < -0.39 is 0 Å². The van der Waals surface area contributed by atoms with Gasteiger partial charge in [0.2, 0.25) is 0 Å². The Kier molecular flexibility index (Phi) is 3.22. The maximum absolute atomic E-state index is 11.8. The molecule has 1 fully saturated rings. The number of amides is 1. The summed E-state index contributed by atoms with van der Waals surface area (Å²) in [4.78, 5) is 16.0. The van der Waals surface area contributed by atoms with Gasteiger partial charge in [-0.15, -0.1) is 11.3 Å². The number of nitrogens with one attached hydrogen (secondary N) is 1. The molecule has 6 heteroatoms. The second-order valence-electron chi connectivity index (χ2n) is 4.06. The topological polar surface area (TPSA) is 88.2 Å². The van der Waals surface area contributed by atoms with Crippen molar-refractivity contribution < 1.29 is 9.90 Å². The monoisotopic (exact) mass is 241 g/mol. The molecule has 0 bridgehead atoms. The van der Waals surface area contributed by atoms with Gasteiger partial charge in [-0.25, -0.2) is 4.98 Å². The molecule has 0 unspecified atom stereocenters. The number of aliphatic hydroxyl groups is 1. The molecule has 2 rings (SSSR count). The van der Waals surface area contributed by atoms with Crippen LogP contribution in [0.2, 0.25) is 0 Å². The third kappa shape index (κ3) is 2.40. The number of thiazole rings is 1. The molecular formula is C10H15N3O2S. The number of nitrogens with zero attached hydrogens (tertiary/aromatic N) is 1. The molecule has 4 N–H and O–H groups in total. The average molecular weight is 241 g/mol. The molecule has 5 nitrogen and oxygen atoms in total. The molecule has 1 aliphatic rings. The molecule has 88 valence electrons. The lowest BCUT2D eigenvalue weighted by Crippen LogP contribution is -2.39. The van der Waals surface area contributed by atoms with Crippen LogP contribution in [-0.2, 0) is 6.42 Å². The van der Waals surface area contributed by atoms with E-state index in [-0.39, 0.29) is 18.1 Å². The van der Waals surface area contributed by atoms with Crippen molar-refractivity contribution in [2.45, 2.75) is 24.8 Å². The van der Waals surface area contributed by atoms with Gasteiger partial charge in [-0.3, -0.25) is 4.79 Å². The Morgan fingerprint density at radius 1 is 1.69 bits per heavy atom. The smallest absolute Gasteiger partial charge is 0.271 e. The van der Waals surface area contributed by atoms with Crippen LogP contribution in [0.5, 0.6) is 0 Å². The zero-order valence-electron chi connectivity index (χ0n) is 8.90. The molecule has 16 heavy (non-hydrogen) atoms. The van der Waals surface area contributed by atoms with Crippen molar-refractivity contribution >= 4 is 17.2 Å². The summed E-state index contributed by atoms with van der Waals surface area (Å²) in [7, 11) is 0. The molecule has 0 aromatic carbocycles. The van der Waals surface area contributed by atoms with Crippen LogP contribution in [0.15, 0.2) is 5.38 Å². The highest BCUT2D eigenvalue weighted by Gasteiger charge is 2.43. The van der Waals surface area contributed by atoms with Gasteiger partial charge in [-0.05, 0) is 19.4 Å². The van der Waals surface area contributed by atoms with Crippen LogP contribution in [0.25, 0.3) is 0 Å². The standard InChI is InChI=1S/C10H15N3O2S/c11-4-1-8-12-7(5-16-8)9(15)13-10(6-14)2-3-10/h5,14H,1-4,6,11H2,(H,13,15). The van der Waals surface area contributed by atoms with E-state index in [1.54, 1.807) is 5.38 Å². The van der Waals surface area contributed by atoms with Crippen molar-refractivity contribution in [2.75, 3.05) is 13.2 Å². The van der Waals surface area contributed by atoms with E-state index in [9.17, 15) is 4.79 Å². The number of hydrogen-bond acceptors (Lipinski definition) is 5. The molecule has 0 saturated heterocycles. The predicted molar refractivity (Wildman–Crippen MR) is 61.4 cm³/mol. The van der Waals surface area contributed by atoms with Crippen LogP contribution in [0.4, 0.5) is 0 Å². The number of carbonyl (C=O) groups excluding carboxylic acids is 1. The fraction of sp³-hybridized carbons (Fsp3) is 0.600. The lowest BCUT2D eigenvalue weighted by atomic mass is 10.3. The van der Waals surface area contributed by atoms with Crippen molar-refractivity contribution in [3.63, 3.8) is 0 Å². The largest absolute Gasteiger partial charge is 0.394 e. The molecule has 0 spiro atoms. The highest BCUT2D eigenvalue weighted by Crippen LogP contribution is 2.34. The second kappa shape index (κ2) is 4.48. The quantitative estimate of drug-likeness (QED) is 0.671. The van der Waals surface area contributed by atoms with Gasteiger partial charge in [-0.2, -0.15) is 0 Å². The van der Waals surface area contributed by atoms with Gasteiger partial charge in [0.25, 0.3) is 5.91 Å². The van der Waals surface area contributed by atoms with E-state index >= 15 is 0 Å². The summed E-state index contributed by atoms with van der Waals surface area (Å²) in [6.45, 7) is 0.535. The second-order valence-corrected chi connectivity index (χ2v) is 5.00. The van der Waals surface area contributed by atoms with E-state index in [0.29, 0.717) is 18.7 Å². The maximum atomic E-state index is 11.8. The first kappa shape index (κ1) is 11.5. The zero-order valence-corrected chi connectivity index (χ0v) is 9.72. The zero-order chi connectivity index (χ0) is 11.6. The van der Waals surface area contributed by atoms with Crippen LogP contribution >= 0.6 is 11.3 Å². The van der Waals surface area contributed by atoms with Gasteiger partial charge < -0.3 is 16.2 Å². The van der Waals surface area contributed by atoms with E-state index in [1.807, 2.05) is 0 Å². The summed E-state index contributed by atoms with van der Waals surface area (Å²) in [6.07, 6.45) is 2.38. The first-order chi connectivity index (χ1) is 7.69. The van der Waals surface area contributed by atoms with Gasteiger partial charge in [-0.1, -0.05) is 0 Å². The molecular weight excluding hydrogens is 226 g/mol. The van der Waals surface area contributed by atoms with Gasteiger partial charge in [0.1, 0.15) is 5.69 Å². The molecule has 1 aromatic heterocycles. The molecule has 1 aliphatic carbocycles. The molecule has 0 aliphatic heterocycles. The first-order valence-electron chi connectivity index (χ1n) is 5.27. The molecule has 1 saturated carbocycles. The third-order valence-corrected chi connectivity index (χ3v) is 3.59. The van der Waals surface area contributed by atoms with Crippen molar-refractivity contribution in [1.29, 1.82) is 0 Å². The lowest BCUT2D eigenvalue weighted by Gasteiger charge is -2.12. The fourth-order valence-corrected chi connectivity index (χ4v) is 2.23. The minimum atomic E-state index is -0.380. The van der Waals surface area contributed by atoms with Crippen molar-refractivity contribution in [3.8, 4) is 0 Å². The van der Waals surface area contributed by atoms with Gasteiger partial charge in [0, 0.05) is 11.8 Å². The summed E-state index contributed by atoms with van der Waals surface area (Å²) >= 11 is 1.44.